The molecule has 0 unspecified atom stereocenters. The molecule has 5 nitrogen and oxygen atoms in total. The van der Waals surface area contributed by atoms with E-state index in [2.05, 4.69) is 0 Å². The molecular weight excluding hydrogens is 290 g/mol. The maximum atomic E-state index is 12.0. The number of carbonyl (C=O) groups is 1. The summed E-state index contributed by atoms with van der Waals surface area (Å²) < 4.78 is 25.1. The van der Waals surface area contributed by atoms with Crippen molar-refractivity contribution in [3.05, 3.63) is 28.8 Å². The van der Waals surface area contributed by atoms with Crippen molar-refractivity contribution < 1.29 is 18.3 Å². The van der Waals surface area contributed by atoms with Gasteiger partial charge < -0.3 is 5.11 Å². The second kappa shape index (κ2) is 6.25. The lowest BCUT2D eigenvalue weighted by Crippen LogP contribution is -2.34. The zero-order chi connectivity index (χ0) is 14.6. The maximum absolute atomic E-state index is 12.0. The van der Waals surface area contributed by atoms with E-state index in [1.807, 2.05) is 0 Å². The minimum absolute atomic E-state index is 0.0890. The minimum Gasteiger partial charge on any atom is -0.481 e. The first kappa shape index (κ1) is 15.8. The molecule has 0 aliphatic carbocycles. The van der Waals surface area contributed by atoms with E-state index in [0.29, 0.717) is 10.7 Å². The number of sulfonamides is 1. The predicted octanol–water partition coefficient (Wildman–Crippen LogP) is 2.28. The molecule has 0 radical (unpaired) electrons. The van der Waals surface area contributed by atoms with Crippen molar-refractivity contribution in [3.8, 4) is 0 Å². The lowest BCUT2D eigenvalue weighted by molar-refractivity contribution is -0.136. The van der Waals surface area contributed by atoms with E-state index in [9.17, 15) is 13.2 Å². The van der Waals surface area contributed by atoms with Crippen LogP contribution in [0.3, 0.4) is 0 Å². The van der Waals surface area contributed by atoms with Gasteiger partial charge in [0, 0.05) is 11.6 Å². The Labute approximate surface area is 117 Å². The SMILES string of the molecule is CCS(=O)(=O)N(CCC(=O)O)c1ccc(Cl)c(C)c1. The Kier molecular flexibility index (Phi) is 5.20. The molecule has 0 fully saturated rings. The average molecular weight is 306 g/mol. The Morgan fingerprint density at radius 1 is 1.42 bits per heavy atom. The number of aliphatic carboxylic acids is 1. The van der Waals surface area contributed by atoms with E-state index in [-0.39, 0.29) is 18.7 Å². The summed E-state index contributed by atoms with van der Waals surface area (Å²) >= 11 is 5.90. The van der Waals surface area contributed by atoms with Crippen LogP contribution >= 0.6 is 11.6 Å². The summed E-state index contributed by atoms with van der Waals surface area (Å²) in [7, 11) is -3.51. The Morgan fingerprint density at radius 3 is 2.53 bits per heavy atom. The van der Waals surface area contributed by atoms with E-state index >= 15 is 0 Å². The van der Waals surface area contributed by atoms with Crippen molar-refractivity contribution in [2.45, 2.75) is 20.3 Å². The van der Waals surface area contributed by atoms with Crippen LogP contribution < -0.4 is 4.31 Å². The van der Waals surface area contributed by atoms with Crippen molar-refractivity contribution in [1.82, 2.24) is 0 Å². The van der Waals surface area contributed by atoms with Gasteiger partial charge in [0.2, 0.25) is 10.0 Å². The molecule has 0 saturated carbocycles. The summed E-state index contributed by atoms with van der Waals surface area (Å²) in [5.41, 5.74) is 1.18. The molecule has 1 rings (SSSR count). The van der Waals surface area contributed by atoms with E-state index in [1.165, 1.54) is 6.92 Å². The Hall–Kier alpha value is -1.27. The van der Waals surface area contributed by atoms with Crippen molar-refractivity contribution >= 4 is 33.3 Å². The highest BCUT2D eigenvalue weighted by atomic mass is 35.5. The molecule has 0 aromatic heterocycles. The molecule has 1 aromatic carbocycles. The van der Waals surface area contributed by atoms with Crippen molar-refractivity contribution in [3.63, 3.8) is 0 Å². The summed E-state index contributed by atoms with van der Waals surface area (Å²) in [6.07, 6.45) is -0.249. The second-order valence-corrected chi connectivity index (χ2v) is 6.64. The van der Waals surface area contributed by atoms with Gasteiger partial charge >= 0.3 is 5.97 Å². The van der Waals surface area contributed by atoms with Crippen LogP contribution in [0.4, 0.5) is 5.69 Å². The highest BCUT2D eigenvalue weighted by Crippen LogP contribution is 2.24. The number of carboxylic acid groups (broad SMARTS) is 1. The Balaban J connectivity index is 3.15. The Bertz CT molecular complexity index is 571. The van der Waals surface area contributed by atoms with Crippen LogP contribution in [0.2, 0.25) is 5.02 Å². The predicted molar refractivity (Wildman–Crippen MR) is 75.2 cm³/mol. The molecule has 0 saturated heterocycles. The number of anilines is 1. The van der Waals surface area contributed by atoms with Crippen LogP contribution in [-0.4, -0.2) is 31.8 Å². The van der Waals surface area contributed by atoms with E-state index < -0.39 is 16.0 Å². The van der Waals surface area contributed by atoms with Crippen molar-refractivity contribution in [1.29, 1.82) is 0 Å². The third kappa shape index (κ3) is 4.11. The van der Waals surface area contributed by atoms with Crippen molar-refractivity contribution in [2.75, 3.05) is 16.6 Å². The number of hydrogen-bond donors (Lipinski definition) is 1. The summed E-state index contributed by atoms with van der Waals surface area (Å²) in [5.74, 6) is -1.13. The van der Waals surface area contributed by atoms with Crippen LogP contribution in [0.1, 0.15) is 18.9 Å². The van der Waals surface area contributed by atoms with E-state index in [4.69, 9.17) is 16.7 Å². The molecule has 0 atom stereocenters. The number of rotatable bonds is 6. The molecule has 1 N–H and O–H groups in total. The van der Waals surface area contributed by atoms with Gasteiger partial charge in [-0.3, -0.25) is 9.10 Å². The molecule has 106 valence electrons. The summed E-state index contributed by atoms with van der Waals surface area (Å²) in [6, 6.07) is 4.81. The number of halogens is 1. The fourth-order valence-electron chi connectivity index (χ4n) is 1.57. The van der Waals surface area contributed by atoms with Gasteiger partial charge in [-0.2, -0.15) is 0 Å². The fourth-order valence-corrected chi connectivity index (χ4v) is 2.80. The number of nitrogens with zero attached hydrogens (tertiary/aromatic N) is 1. The zero-order valence-corrected chi connectivity index (χ0v) is 12.3. The molecule has 7 heteroatoms. The van der Waals surface area contributed by atoms with Gasteiger partial charge in [0.05, 0.1) is 17.9 Å². The molecule has 0 aliphatic rings. The smallest absolute Gasteiger partial charge is 0.305 e. The molecule has 1 aromatic rings. The zero-order valence-electron chi connectivity index (χ0n) is 10.8. The fraction of sp³-hybridized carbons (Fsp3) is 0.417. The summed E-state index contributed by atoms with van der Waals surface area (Å²) in [4.78, 5) is 10.6. The first-order chi connectivity index (χ1) is 8.77. The largest absolute Gasteiger partial charge is 0.481 e. The molecule has 0 heterocycles. The summed E-state index contributed by atoms with van der Waals surface area (Å²) in [6.45, 7) is 3.19. The monoisotopic (exact) mass is 305 g/mol. The first-order valence-electron chi connectivity index (χ1n) is 5.76. The van der Waals surface area contributed by atoms with E-state index in [1.54, 1.807) is 25.1 Å². The molecule has 0 bridgehead atoms. The van der Waals surface area contributed by atoms with Crippen LogP contribution in [0, 0.1) is 6.92 Å². The van der Waals surface area contributed by atoms with Crippen LogP contribution in [-0.2, 0) is 14.8 Å². The van der Waals surface area contributed by atoms with Gasteiger partial charge in [-0.1, -0.05) is 11.6 Å². The highest BCUT2D eigenvalue weighted by molar-refractivity contribution is 7.92. The third-order valence-electron chi connectivity index (χ3n) is 2.66. The topological polar surface area (TPSA) is 74.7 Å². The normalized spacial score (nSPS) is 11.3. The highest BCUT2D eigenvalue weighted by Gasteiger charge is 2.21. The molecule has 0 aliphatic heterocycles. The lowest BCUT2D eigenvalue weighted by Gasteiger charge is -2.23. The van der Waals surface area contributed by atoms with Gasteiger partial charge in [-0.25, -0.2) is 8.42 Å². The number of benzene rings is 1. The molecular formula is C12H16ClNO4S. The van der Waals surface area contributed by atoms with Gasteiger partial charge in [-0.05, 0) is 37.6 Å². The Morgan fingerprint density at radius 2 is 2.05 bits per heavy atom. The van der Waals surface area contributed by atoms with Gasteiger partial charge in [0.25, 0.3) is 0 Å². The van der Waals surface area contributed by atoms with Gasteiger partial charge in [0.1, 0.15) is 0 Å². The third-order valence-corrected chi connectivity index (χ3v) is 4.88. The van der Waals surface area contributed by atoms with Gasteiger partial charge in [0.15, 0.2) is 0 Å². The van der Waals surface area contributed by atoms with E-state index in [0.717, 1.165) is 9.87 Å². The molecule has 19 heavy (non-hydrogen) atoms. The molecule has 0 spiro atoms. The minimum atomic E-state index is -3.51. The van der Waals surface area contributed by atoms with Crippen molar-refractivity contribution in [2.24, 2.45) is 0 Å². The summed E-state index contributed by atoms with van der Waals surface area (Å²) in [5, 5.41) is 9.24. The quantitative estimate of drug-likeness (QED) is 0.875. The van der Waals surface area contributed by atoms with Gasteiger partial charge in [-0.15, -0.1) is 0 Å². The van der Waals surface area contributed by atoms with Crippen LogP contribution in [0.15, 0.2) is 18.2 Å². The maximum Gasteiger partial charge on any atom is 0.305 e. The standard InChI is InChI=1S/C12H16ClNO4S/c1-3-19(17,18)14(7-6-12(15)16)10-4-5-11(13)9(2)8-10/h4-5,8H,3,6-7H2,1-2H3,(H,15,16). The number of hydrogen-bond acceptors (Lipinski definition) is 3. The first-order valence-corrected chi connectivity index (χ1v) is 7.75. The van der Waals surface area contributed by atoms with Crippen LogP contribution in [0.5, 0.6) is 0 Å². The second-order valence-electron chi connectivity index (χ2n) is 4.05. The van der Waals surface area contributed by atoms with Crippen LogP contribution in [0.25, 0.3) is 0 Å². The average Bonchev–Trinajstić information content (AvgIpc) is 2.33. The number of aryl methyl sites for hydroxylation is 1. The molecule has 0 amide bonds. The number of carboxylic acids is 1. The lowest BCUT2D eigenvalue weighted by atomic mass is 10.2.